The fourth-order valence-electron chi connectivity index (χ4n) is 5.09. The number of allylic oxidation sites excluding steroid dienone is 6. The molecular formula is C24H36O2. The van der Waals surface area contributed by atoms with Crippen molar-refractivity contribution in [2.75, 3.05) is 0 Å². The summed E-state index contributed by atoms with van der Waals surface area (Å²) in [5, 5.41) is 0. The zero-order chi connectivity index (χ0) is 19.2. The second kappa shape index (κ2) is 6.78. The van der Waals surface area contributed by atoms with E-state index >= 15 is 0 Å². The van der Waals surface area contributed by atoms with Crippen molar-refractivity contribution in [1.29, 1.82) is 0 Å². The van der Waals surface area contributed by atoms with Crippen molar-refractivity contribution < 1.29 is 9.53 Å². The lowest BCUT2D eigenvalue weighted by atomic mass is 9.66. The molecule has 2 heteroatoms. The number of fused-ring (bicyclic) bond motifs is 1. The smallest absolute Gasteiger partial charge is 0.162 e. The zero-order valence-corrected chi connectivity index (χ0v) is 17.5. The second-order valence-electron chi connectivity index (χ2n) is 10.5. The van der Waals surface area contributed by atoms with Gasteiger partial charge >= 0.3 is 0 Å². The van der Waals surface area contributed by atoms with E-state index in [1.54, 1.807) is 0 Å². The number of Topliss-reactive ketones (excluding diaryl/α,β-unsaturated/α-hetero) is 1. The van der Waals surface area contributed by atoms with Crippen molar-refractivity contribution in [3.05, 3.63) is 36.0 Å². The third kappa shape index (κ3) is 4.06. The van der Waals surface area contributed by atoms with Gasteiger partial charge in [0.25, 0.3) is 0 Å². The molecule has 0 aromatic rings. The largest absolute Gasteiger partial charge is 0.372 e. The van der Waals surface area contributed by atoms with Crippen LogP contribution in [0, 0.1) is 22.7 Å². The molecule has 4 atom stereocenters. The van der Waals surface area contributed by atoms with Crippen molar-refractivity contribution in [2.45, 2.75) is 85.4 Å². The van der Waals surface area contributed by atoms with Crippen LogP contribution in [0.4, 0.5) is 0 Å². The Morgan fingerprint density at radius 2 is 1.92 bits per heavy atom. The van der Waals surface area contributed by atoms with E-state index in [0.29, 0.717) is 30.1 Å². The molecule has 3 aliphatic rings. The average Bonchev–Trinajstić information content (AvgIpc) is 2.84. The van der Waals surface area contributed by atoms with Crippen LogP contribution in [0.5, 0.6) is 0 Å². The van der Waals surface area contributed by atoms with Gasteiger partial charge in [0.05, 0.1) is 11.7 Å². The third-order valence-corrected chi connectivity index (χ3v) is 6.56. The molecule has 0 spiro atoms. The van der Waals surface area contributed by atoms with Crippen molar-refractivity contribution in [1.82, 2.24) is 0 Å². The van der Waals surface area contributed by atoms with Crippen molar-refractivity contribution in [2.24, 2.45) is 22.7 Å². The zero-order valence-electron chi connectivity index (χ0n) is 17.5. The summed E-state index contributed by atoms with van der Waals surface area (Å²) < 4.78 is 6.43. The first kappa shape index (κ1) is 19.6. The number of hydrogen-bond acceptors (Lipinski definition) is 2. The van der Waals surface area contributed by atoms with E-state index in [1.807, 2.05) is 0 Å². The molecule has 0 aromatic carbocycles. The number of ketones is 1. The number of ether oxygens (including phenoxy) is 1. The Morgan fingerprint density at radius 3 is 2.62 bits per heavy atom. The van der Waals surface area contributed by atoms with Crippen LogP contribution in [0.15, 0.2) is 36.0 Å². The Labute approximate surface area is 159 Å². The predicted octanol–water partition coefficient (Wildman–Crippen LogP) is 6.03. The first-order valence-corrected chi connectivity index (χ1v) is 10.3. The lowest BCUT2D eigenvalue weighted by Gasteiger charge is -2.43. The Balaban J connectivity index is 1.78. The highest BCUT2D eigenvalue weighted by Gasteiger charge is 2.50. The van der Waals surface area contributed by atoms with E-state index in [-0.39, 0.29) is 16.4 Å². The summed E-state index contributed by atoms with van der Waals surface area (Å²) in [6.07, 6.45) is 16.6. The predicted molar refractivity (Wildman–Crippen MR) is 108 cm³/mol. The van der Waals surface area contributed by atoms with E-state index in [2.05, 4.69) is 71.9 Å². The summed E-state index contributed by atoms with van der Waals surface area (Å²) in [5.41, 5.74) is 1.13. The van der Waals surface area contributed by atoms with Crippen LogP contribution in [0.2, 0.25) is 0 Å². The Morgan fingerprint density at radius 1 is 1.19 bits per heavy atom. The second-order valence-corrected chi connectivity index (χ2v) is 10.5. The molecule has 144 valence electrons. The van der Waals surface area contributed by atoms with E-state index in [9.17, 15) is 4.79 Å². The molecule has 3 aliphatic carbocycles. The minimum Gasteiger partial charge on any atom is -0.372 e. The van der Waals surface area contributed by atoms with Gasteiger partial charge in [-0.2, -0.15) is 0 Å². The molecule has 3 rings (SSSR count). The summed E-state index contributed by atoms with van der Waals surface area (Å²) in [5.74, 6) is 1.30. The molecule has 0 radical (unpaired) electrons. The van der Waals surface area contributed by atoms with Crippen LogP contribution >= 0.6 is 0 Å². The minimum absolute atomic E-state index is 0.0972. The van der Waals surface area contributed by atoms with Gasteiger partial charge in [0, 0.05) is 17.4 Å². The minimum atomic E-state index is -0.0972. The quantitative estimate of drug-likeness (QED) is 0.577. The van der Waals surface area contributed by atoms with Gasteiger partial charge in [0.15, 0.2) is 5.78 Å². The lowest BCUT2D eigenvalue weighted by molar-refractivity contribution is -0.116. The fraction of sp³-hybridized carbons (Fsp3) is 0.708. The van der Waals surface area contributed by atoms with Crippen LogP contribution in [-0.2, 0) is 9.53 Å². The van der Waals surface area contributed by atoms with Crippen LogP contribution < -0.4 is 0 Å². The molecule has 0 aromatic heterocycles. The van der Waals surface area contributed by atoms with Crippen LogP contribution in [0.1, 0.15) is 73.6 Å². The standard InChI is InChI=1S/C24H36O2/c1-22(2,3)26-21-12-11-19-17(8-7-14-24(19,21)6)9-10-18-16-23(4,5)15-13-20(18)25/h7-10,16-17,19,21H,11-15H2,1-6H3/b10-9-/t17-,19-,21-,24-/m0/s1. The van der Waals surface area contributed by atoms with E-state index in [4.69, 9.17) is 4.74 Å². The number of rotatable bonds is 3. The molecule has 1 saturated carbocycles. The molecule has 0 amide bonds. The molecule has 0 bridgehead atoms. The van der Waals surface area contributed by atoms with Gasteiger partial charge in [-0.3, -0.25) is 4.79 Å². The molecule has 0 saturated heterocycles. The molecule has 0 unspecified atom stereocenters. The summed E-state index contributed by atoms with van der Waals surface area (Å²) in [7, 11) is 0. The molecule has 2 nitrogen and oxygen atoms in total. The molecule has 26 heavy (non-hydrogen) atoms. The Kier molecular flexibility index (Phi) is 5.11. The SMILES string of the molecule is CC1(C)C=C(/C=C\[C@@H]2C=CC[C@]3(C)[C@@H](OC(C)(C)C)CC[C@@H]23)C(=O)CC1. The van der Waals surface area contributed by atoms with Crippen LogP contribution in [0.25, 0.3) is 0 Å². The third-order valence-electron chi connectivity index (χ3n) is 6.56. The van der Waals surface area contributed by atoms with Crippen LogP contribution in [0.3, 0.4) is 0 Å². The molecule has 1 fully saturated rings. The monoisotopic (exact) mass is 356 g/mol. The van der Waals surface area contributed by atoms with Gasteiger partial charge in [-0.05, 0) is 63.7 Å². The molecular weight excluding hydrogens is 320 g/mol. The van der Waals surface area contributed by atoms with Crippen LogP contribution in [-0.4, -0.2) is 17.5 Å². The highest BCUT2D eigenvalue weighted by Crippen LogP contribution is 2.54. The summed E-state index contributed by atoms with van der Waals surface area (Å²) in [6.45, 7) is 13.3. The fourth-order valence-corrected chi connectivity index (χ4v) is 5.09. The van der Waals surface area contributed by atoms with E-state index < -0.39 is 0 Å². The van der Waals surface area contributed by atoms with Crippen molar-refractivity contribution in [3.63, 3.8) is 0 Å². The average molecular weight is 357 g/mol. The first-order valence-electron chi connectivity index (χ1n) is 10.3. The molecule has 0 heterocycles. The Hall–Kier alpha value is -1.15. The molecule has 0 N–H and O–H groups in total. The topological polar surface area (TPSA) is 26.3 Å². The normalized spacial score (nSPS) is 37.1. The number of carbonyl (C=O) groups is 1. The maximum absolute atomic E-state index is 12.3. The van der Waals surface area contributed by atoms with Gasteiger partial charge < -0.3 is 4.74 Å². The lowest BCUT2D eigenvalue weighted by Crippen LogP contribution is -2.41. The summed E-state index contributed by atoms with van der Waals surface area (Å²) in [4.78, 5) is 12.3. The highest BCUT2D eigenvalue weighted by atomic mass is 16.5. The molecule has 0 aliphatic heterocycles. The van der Waals surface area contributed by atoms with E-state index in [0.717, 1.165) is 24.8 Å². The van der Waals surface area contributed by atoms with Gasteiger partial charge in [-0.15, -0.1) is 0 Å². The van der Waals surface area contributed by atoms with Crippen molar-refractivity contribution >= 4 is 5.78 Å². The van der Waals surface area contributed by atoms with Gasteiger partial charge in [-0.1, -0.05) is 51.2 Å². The maximum atomic E-state index is 12.3. The maximum Gasteiger partial charge on any atom is 0.162 e. The summed E-state index contributed by atoms with van der Waals surface area (Å²) >= 11 is 0. The number of hydrogen-bond donors (Lipinski definition) is 0. The van der Waals surface area contributed by atoms with Crippen molar-refractivity contribution in [3.8, 4) is 0 Å². The highest BCUT2D eigenvalue weighted by molar-refractivity contribution is 5.98. The Bertz CT molecular complexity index is 644. The van der Waals surface area contributed by atoms with Gasteiger partial charge in [0.1, 0.15) is 0 Å². The van der Waals surface area contributed by atoms with Gasteiger partial charge in [0.2, 0.25) is 0 Å². The first-order chi connectivity index (χ1) is 12.0. The summed E-state index contributed by atoms with van der Waals surface area (Å²) in [6, 6.07) is 0. The number of carbonyl (C=O) groups excluding carboxylic acids is 1. The van der Waals surface area contributed by atoms with E-state index in [1.165, 1.54) is 6.42 Å². The van der Waals surface area contributed by atoms with Gasteiger partial charge in [-0.25, -0.2) is 0 Å².